The maximum Gasteiger partial charge on any atom is 0.257 e. The van der Waals surface area contributed by atoms with Crippen molar-refractivity contribution in [1.82, 2.24) is 24.4 Å². The highest BCUT2D eigenvalue weighted by Gasteiger charge is 2.28. The summed E-state index contributed by atoms with van der Waals surface area (Å²) < 4.78 is 3.10. The maximum absolute atomic E-state index is 12.5. The molecule has 3 heterocycles. The highest BCUT2D eigenvalue weighted by Crippen LogP contribution is 2.32. The summed E-state index contributed by atoms with van der Waals surface area (Å²) in [5, 5.41) is 3.48. The van der Waals surface area contributed by atoms with E-state index in [0.29, 0.717) is 35.1 Å². The van der Waals surface area contributed by atoms with E-state index in [0.717, 1.165) is 5.69 Å². The van der Waals surface area contributed by atoms with E-state index in [9.17, 15) is 14.4 Å². The van der Waals surface area contributed by atoms with Crippen LogP contribution in [0.1, 0.15) is 29.3 Å². The first-order valence-corrected chi connectivity index (χ1v) is 9.37. The van der Waals surface area contributed by atoms with Gasteiger partial charge in [0.25, 0.3) is 11.1 Å². The van der Waals surface area contributed by atoms with Gasteiger partial charge in [-0.3, -0.25) is 23.5 Å². The predicted molar refractivity (Wildman–Crippen MR) is 98.6 cm³/mol. The van der Waals surface area contributed by atoms with Crippen LogP contribution >= 0.6 is 11.8 Å². The van der Waals surface area contributed by atoms with Gasteiger partial charge in [-0.1, -0.05) is 11.8 Å². The number of hydrogen-bond donors (Lipinski definition) is 1. The Morgan fingerprint density at radius 1 is 1.31 bits per heavy atom. The molecule has 1 amide bonds. The van der Waals surface area contributed by atoms with E-state index in [-0.39, 0.29) is 29.5 Å². The number of nitrogens with one attached hydrogen (secondary N) is 1. The molecule has 138 valence electrons. The topological polar surface area (TPSA) is 98.9 Å². The summed E-state index contributed by atoms with van der Waals surface area (Å²) in [5.41, 5.74) is 1.73. The van der Waals surface area contributed by atoms with E-state index >= 15 is 0 Å². The minimum absolute atomic E-state index is 0.0762. The SMILES string of the molecule is Cc1nc2n(c(=O)c1C)C(CC(=O)NCCn1cncc(C)c1=O)CS2. The molecule has 26 heavy (non-hydrogen) atoms. The number of fused-ring (bicyclic) bond motifs is 1. The van der Waals surface area contributed by atoms with Crippen molar-refractivity contribution in [3.05, 3.63) is 50.1 Å². The van der Waals surface area contributed by atoms with Crippen LogP contribution in [0.2, 0.25) is 0 Å². The van der Waals surface area contributed by atoms with Crippen LogP contribution < -0.4 is 16.4 Å². The van der Waals surface area contributed by atoms with Crippen molar-refractivity contribution in [2.75, 3.05) is 12.3 Å². The first-order valence-electron chi connectivity index (χ1n) is 8.38. The van der Waals surface area contributed by atoms with Gasteiger partial charge in [-0.05, 0) is 20.8 Å². The minimum Gasteiger partial charge on any atom is -0.354 e. The number of thioether (sulfide) groups is 1. The molecule has 0 fully saturated rings. The Hall–Kier alpha value is -2.42. The molecule has 2 aromatic heterocycles. The standard InChI is InChI=1S/C17H21N5O3S/c1-10-7-18-9-21(15(10)24)5-4-19-14(23)6-13-8-26-17-20-12(3)11(2)16(25)22(13)17/h7,9,13H,4-6,8H2,1-3H3,(H,19,23). The number of aryl methyl sites for hydroxylation is 2. The van der Waals surface area contributed by atoms with Crippen LogP contribution in [0.5, 0.6) is 0 Å². The number of carbonyl (C=O) groups excluding carboxylic acids is 1. The fraction of sp³-hybridized carbons (Fsp3) is 0.471. The zero-order chi connectivity index (χ0) is 18.8. The van der Waals surface area contributed by atoms with E-state index in [1.54, 1.807) is 18.4 Å². The van der Waals surface area contributed by atoms with Crippen molar-refractivity contribution < 1.29 is 4.79 Å². The number of rotatable bonds is 5. The number of amides is 1. The van der Waals surface area contributed by atoms with Gasteiger partial charge in [0.2, 0.25) is 5.91 Å². The van der Waals surface area contributed by atoms with Crippen LogP contribution in [-0.2, 0) is 11.3 Å². The first kappa shape index (κ1) is 18.4. The lowest BCUT2D eigenvalue weighted by atomic mass is 10.2. The van der Waals surface area contributed by atoms with Crippen LogP contribution in [-0.4, -0.2) is 37.3 Å². The van der Waals surface area contributed by atoms with Gasteiger partial charge >= 0.3 is 0 Å². The molecule has 1 N–H and O–H groups in total. The third-order valence-electron chi connectivity index (χ3n) is 4.49. The van der Waals surface area contributed by atoms with Crippen LogP contribution in [0, 0.1) is 20.8 Å². The third-order valence-corrected chi connectivity index (χ3v) is 5.59. The van der Waals surface area contributed by atoms with Crippen molar-refractivity contribution in [2.24, 2.45) is 0 Å². The lowest BCUT2D eigenvalue weighted by molar-refractivity contribution is -0.121. The Kier molecular flexibility index (Phi) is 5.26. The summed E-state index contributed by atoms with van der Waals surface area (Å²) in [4.78, 5) is 45.1. The van der Waals surface area contributed by atoms with E-state index in [1.165, 1.54) is 28.9 Å². The van der Waals surface area contributed by atoms with Crippen LogP contribution in [0.3, 0.4) is 0 Å². The van der Waals surface area contributed by atoms with Crippen molar-refractivity contribution in [2.45, 2.75) is 44.9 Å². The molecule has 0 saturated heterocycles. The average Bonchev–Trinajstić information content (AvgIpc) is 2.99. The molecule has 9 heteroatoms. The first-order chi connectivity index (χ1) is 12.4. The molecule has 3 rings (SSSR count). The number of hydrogen-bond acceptors (Lipinski definition) is 6. The van der Waals surface area contributed by atoms with Gasteiger partial charge in [0.05, 0.1) is 12.4 Å². The Morgan fingerprint density at radius 2 is 2.08 bits per heavy atom. The smallest absolute Gasteiger partial charge is 0.257 e. The molecule has 0 radical (unpaired) electrons. The Morgan fingerprint density at radius 3 is 2.85 bits per heavy atom. The van der Waals surface area contributed by atoms with Crippen LogP contribution in [0.15, 0.2) is 27.3 Å². The Bertz CT molecular complexity index is 966. The highest BCUT2D eigenvalue weighted by atomic mass is 32.2. The molecule has 0 bridgehead atoms. The summed E-state index contributed by atoms with van der Waals surface area (Å²) >= 11 is 1.50. The molecule has 8 nitrogen and oxygen atoms in total. The van der Waals surface area contributed by atoms with Crippen LogP contribution in [0.25, 0.3) is 0 Å². The summed E-state index contributed by atoms with van der Waals surface area (Å²) in [5.74, 6) is 0.502. The summed E-state index contributed by atoms with van der Waals surface area (Å²) in [6, 6.07) is -0.197. The van der Waals surface area contributed by atoms with Crippen molar-refractivity contribution >= 4 is 17.7 Å². The molecule has 1 aliphatic rings. The molecule has 0 saturated carbocycles. The van der Waals surface area contributed by atoms with Gasteiger partial charge in [0.15, 0.2) is 5.16 Å². The normalized spacial score (nSPS) is 15.7. The lowest BCUT2D eigenvalue weighted by Gasteiger charge is -2.14. The van der Waals surface area contributed by atoms with Gasteiger partial charge in [-0.15, -0.1) is 0 Å². The summed E-state index contributed by atoms with van der Waals surface area (Å²) in [6.45, 7) is 5.97. The van der Waals surface area contributed by atoms with Crippen molar-refractivity contribution in [3.63, 3.8) is 0 Å². The summed E-state index contributed by atoms with van der Waals surface area (Å²) in [7, 11) is 0. The van der Waals surface area contributed by atoms with Gasteiger partial charge < -0.3 is 5.32 Å². The third kappa shape index (κ3) is 3.57. The molecule has 0 aromatic carbocycles. The Balaban J connectivity index is 1.61. The van der Waals surface area contributed by atoms with E-state index in [4.69, 9.17) is 0 Å². The zero-order valence-electron chi connectivity index (χ0n) is 15.0. The molecule has 0 aliphatic carbocycles. The monoisotopic (exact) mass is 375 g/mol. The Labute approximate surface area is 154 Å². The van der Waals surface area contributed by atoms with E-state index in [2.05, 4.69) is 15.3 Å². The molecule has 1 atom stereocenters. The molecule has 1 aliphatic heterocycles. The second-order valence-electron chi connectivity index (χ2n) is 6.37. The van der Waals surface area contributed by atoms with Gasteiger partial charge in [0.1, 0.15) is 0 Å². The highest BCUT2D eigenvalue weighted by molar-refractivity contribution is 7.99. The second-order valence-corrected chi connectivity index (χ2v) is 7.36. The largest absolute Gasteiger partial charge is 0.354 e. The van der Waals surface area contributed by atoms with E-state index < -0.39 is 0 Å². The maximum atomic E-state index is 12.5. The lowest BCUT2D eigenvalue weighted by Crippen LogP contribution is -2.34. The van der Waals surface area contributed by atoms with Gasteiger partial charge in [-0.2, -0.15) is 0 Å². The molecule has 1 unspecified atom stereocenters. The van der Waals surface area contributed by atoms with Crippen molar-refractivity contribution in [1.29, 1.82) is 0 Å². The number of aromatic nitrogens is 4. The van der Waals surface area contributed by atoms with Crippen LogP contribution in [0.4, 0.5) is 0 Å². The molecular formula is C17H21N5O3S. The fourth-order valence-corrected chi connectivity index (χ4v) is 4.02. The zero-order valence-corrected chi connectivity index (χ0v) is 15.8. The number of nitrogens with zero attached hydrogens (tertiary/aromatic N) is 4. The fourth-order valence-electron chi connectivity index (χ4n) is 2.84. The average molecular weight is 375 g/mol. The quantitative estimate of drug-likeness (QED) is 0.768. The number of carbonyl (C=O) groups is 1. The predicted octanol–water partition coefficient (Wildman–Crippen LogP) is 0.579. The molecular weight excluding hydrogens is 354 g/mol. The molecule has 2 aromatic rings. The second kappa shape index (κ2) is 7.45. The molecule has 0 spiro atoms. The van der Waals surface area contributed by atoms with Crippen molar-refractivity contribution in [3.8, 4) is 0 Å². The van der Waals surface area contributed by atoms with E-state index in [1.807, 2.05) is 6.92 Å². The van der Waals surface area contributed by atoms with Gasteiger partial charge in [0, 0.05) is 48.3 Å². The van der Waals surface area contributed by atoms with Gasteiger partial charge in [-0.25, -0.2) is 9.97 Å². The summed E-state index contributed by atoms with van der Waals surface area (Å²) in [6.07, 6.45) is 3.19. The minimum atomic E-state index is -0.197.